The van der Waals surface area contributed by atoms with E-state index in [1.807, 2.05) is 0 Å². The Bertz CT molecular complexity index is 668. The minimum absolute atomic E-state index is 0.0117. The zero-order valence-electron chi connectivity index (χ0n) is 10.9. The third-order valence-electron chi connectivity index (χ3n) is 2.77. The third kappa shape index (κ3) is 3.31. The van der Waals surface area contributed by atoms with E-state index in [1.165, 1.54) is 21.8 Å². The average molecular weight is 299 g/mol. The number of hydrogen-bond acceptors (Lipinski definition) is 8. The van der Waals surface area contributed by atoms with Crippen LogP contribution in [0.5, 0.6) is 0 Å². The van der Waals surface area contributed by atoms with E-state index in [1.54, 1.807) is 6.92 Å². The molecule has 0 saturated carbocycles. The number of aryl methyl sites for hydroxylation is 1. The van der Waals surface area contributed by atoms with Gasteiger partial charge >= 0.3 is 5.62 Å². The van der Waals surface area contributed by atoms with Crippen molar-refractivity contribution >= 4 is 5.82 Å². The summed E-state index contributed by atoms with van der Waals surface area (Å²) in [5, 5.41) is 52.8. The van der Waals surface area contributed by atoms with Crippen molar-refractivity contribution in [3.8, 4) is 0 Å². The van der Waals surface area contributed by atoms with Gasteiger partial charge in [0.15, 0.2) is 0 Å². The lowest BCUT2D eigenvalue weighted by Crippen LogP contribution is -2.27. The number of nitrogens with one attached hydrogen (secondary N) is 1. The molecule has 0 aromatic carbocycles. The van der Waals surface area contributed by atoms with Gasteiger partial charge in [-0.2, -0.15) is 5.10 Å². The molecule has 3 N–H and O–H groups in total. The Kier molecular flexibility index (Phi) is 4.11. The van der Waals surface area contributed by atoms with E-state index < -0.39 is 16.6 Å². The molecular weight excluding hydrogens is 286 g/mol. The largest absolute Gasteiger partial charge is 0.744 e. The highest BCUT2D eigenvalue weighted by atomic mass is 16.8. The van der Waals surface area contributed by atoms with Crippen molar-refractivity contribution in [1.82, 2.24) is 29.2 Å². The summed E-state index contributed by atoms with van der Waals surface area (Å²) in [5.74, 6) is 0.312. The van der Waals surface area contributed by atoms with Crippen LogP contribution >= 0.6 is 0 Å². The van der Waals surface area contributed by atoms with Gasteiger partial charge in [0.2, 0.25) is 6.33 Å². The molecule has 12 heteroatoms. The molecule has 0 fully saturated rings. The van der Waals surface area contributed by atoms with E-state index in [2.05, 4.69) is 15.1 Å². The molecule has 0 aliphatic carbocycles. The number of nitrogens with zero attached hydrogens (tertiary/aromatic N) is 6. The van der Waals surface area contributed by atoms with Crippen LogP contribution in [0.2, 0.25) is 0 Å². The molecule has 1 atom stereocenters. The van der Waals surface area contributed by atoms with Gasteiger partial charge in [0, 0.05) is 0 Å². The van der Waals surface area contributed by atoms with Crippen LogP contribution in [0.1, 0.15) is 5.82 Å². The van der Waals surface area contributed by atoms with Gasteiger partial charge < -0.3 is 30.5 Å². The fraction of sp³-hybridized carbons (Fsp3) is 0.444. The number of aromatic nitrogens is 5. The Morgan fingerprint density at radius 2 is 2.14 bits per heavy atom. The maximum Gasteiger partial charge on any atom is 0.411 e. The van der Waals surface area contributed by atoms with Crippen molar-refractivity contribution in [3.05, 3.63) is 39.6 Å². The molecule has 0 spiro atoms. The maximum atomic E-state index is 10.9. The molecule has 0 amide bonds. The predicted molar refractivity (Wildman–Crippen MR) is 69.2 cm³/mol. The topological polar surface area (TPSA) is 167 Å². The third-order valence-corrected chi connectivity index (χ3v) is 2.77. The van der Waals surface area contributed by atoms with Crippen LogP contribution in [0.15, 0.2) is 12.5 Å². The summed E-state index contributed by atoms with van der Waals surface area (Å²) in [6, 6.07) is 0. The number of H-pyrrole nitrogens is 1. The van der Waals surface area contributed by atoms with Crippen molar-refractivity contribution in [2.45, 2.75) is 26.1 Å². The van der Waals surface area contributed by atoms with Gasteiger partial charge in [0.05, 0.1) is 25.4 Å². The highest BCUT2D eigenvalue weighted by molar-refractivity contribution is 5.36. The fourth-order valence-electron chi connectivity index (χ4n) is 1.82. The second kappa shape index (κ2) is 5.82. The number of hydrogen-bond donors (Lipinski definition) is 3. The zero-order valence-corrected chi connectivity index (χ0v) is 10.9. The van der Waals surface area contributed by atoms with Crippen LogP contribution in [-0.4, -0.2) is 40.7 Å². The van der Waals surface area contributed by atoms with E-state index in [-0.39, 0.29) is 24.1 Å². The van der Waals surface area contributed by atoms with Gasteiger partial charge in [-0.3, -0.25) is 10.1 Å². The summed E-state index contributed by atoms with van der Waals surface area (Å²) in [5.41, 5.74) is -0.442. The molecule has 116 valence electrons. The Balaban J connectivity index is 2.10. The predicted octanol–water partition coefficient (Wildman–Crippen LogP) is -1.76. The van der Waals surface area contributed by atoms with E-state index in [0.29, 0.717) is 5.82 Å². The lowest BCUT2D eigenvalue weighted by molar-refractivity contribution is 0.128. The second-order valence-electron chi connectivity index (χ2n) is 4.29. The highest BCUT2D eigenvalue weighted by Gasteiger charge is 2.14. The summed E-state index contributed by atoms with van der Waals surface area (Å²) in [7, 11) is 0. The molecule has 12 nitrogen and oxygen atoms in total. The van der Waals surface area contributed by atoms with Crippen LogP contribution in [-0.2, 0) is 13.1 Å². The van der Waals surface area contributed by atoms with Crippen LogP contribution in [0.25, 0.3) is 0 Å². The number of rotatable bonds is 5. The van der Waals surface area contributed by atoms with Crippen molar-refractivity contribution in [2.75, 3.05) is 5.23 Å². The van der Waals surface area contributed by atoms with Gasteiger partial charge in [-0.1, -0.05) is 4.98 Å². The standard InChI is InChI=1S/C9H13N7O5/c1-6-10-2-8(15(18)19)14(6)4-7(17)3-13-5-11-9(12-13)16(20)21/h2,5,7,12,17-18H,3-4H2,1H3/q-2. The van der Waals surface area contributed by atoms with Gasteiger partial charge in [-0.05, 0) is 6.92 Å². The number of aliphatic hydroxyl groups excluding tert-OH is 1. The summed E-state index contributed by atoms with van der Waals surface area (Å²) < 4.78 is 2.56. The quantitative estimate of drug-likeness (QED) is 0.545. The van der Waals surface area contributed by atoms with E-state index in [0.717, 1.165) is 0 Å². The summed E-state index contributed by atoms with van der Waals surface area (Å²) in [6.45, 7) is 1.57. The first kappa shape index (κ1) is 14.8. The smallest absolute Gasteiger partial charge is 0.411 e. The molecule has 0 bridgehead atoms. The van der Waals surface area contributed by atoms with Gasteiger partial charge in [-0.15, -0.1) is 0 Å². The molecule has 2 rings (SSSR count). The summed E-state index contributed by atoms with van der Waals surface area (Å²) >= 11 is 0. The number of aliphatic hydroxyl groups is 1. The van der Waals surface area contributed by atoms with Crippen molar-refractivity contribution in [2.24, 2.45) is 0 Å². The maximum absolute atomic E-state index is 10.9. The minimum atomic E-state index is -0.985. The minimum Gasteiger partial charge on any atom is -0.744 e. The Hall–Kier alpha value is -2.57. The molecule has 1 unspecified atom stereocenters. The van der Waals surface area contributed by atoms with Crippen LogP contribution in [0.3, 0.4) is 0 Å². The monoisotopic (exact) mass is 299 g/mol. The van der Waals surface area contributed by atoms with Gasteiger partial charge in [-0.25, -0.2) is 9.67 Å². The van der Waals surface area contributed by atoms with Crippen LogP contribution in [0, 0.1) is 22.5 Å². The molecule has 0 aliphatic heterocycles. The molecule has 2 heterocycles. The SMILES string of the molecule is Cc1ncc(N([O-])O)n1CC(O)Cn1cnc(=[N+]([O-])[O-])[nH]1. The molecule has 0 radical (unpaired) electrons. The van der Waals surface area contributed by atoms with E-state index in [9.17, 15) is 20.7 Å². The number of imidazole rings is 1. The fourth-order valence-corrected chi connectivity index (χ4v) is 1.82. The second-order valence-corrected chi connectivity index (χ2v) is 4.29. The van der Waals surface area contributed by atoms with Crippen molar-refractivity contribution in [1.29, 1.82) is 0 Å². The van der Waals surface area contributed by atoms with E-state index >= 15 is 0 Å². The Labute approximate surface area is 117 Å². The van der Waals surface area contributed by atoms with Gasteiger partial charge in [0.1, 0.15) is 11.6 Å². The van der Waals surface area contributed by atoms with E-state index in [4.69, 9.17) is 5.21 Å². The lowest BCUT2D eigenvalue weighted by Gasteiger charge is -2.24. The Morgan fingerprint density at radius 3 is 2.71 bits per heavy atom. The summed E-state index contributed by atoms with van der Waals surface area (Å²) in [6.07, 6.45) is 1.36. The average Bonchev–Trinajstić information content (AvgIpc) is 2.98. The summed E-state index contributed by atoms with van der Waals surface area (Å²) in [4.78, 5) is 6.68. The molecular formula is C9H13N7O5-2. The van der Waals surface area contributed by atoms with Crippen LogP contribution < -0.4 is 15.7 Å². The molecule has 0 aliphatic rings. The number of anilines is 1. The normalized spacial score (nSPS) is 12.4. The number of aromatic amines is 1. The Morgan fingerprint density at radius 1 is 1.43 bits per heavy atom. The zero-order chi connectivity index (χ0) is 15.6. The molecule has 21 heavy (non-hydrogen) atoms. The molecule has 2 aromatic heterocycles. The highest BCUT2D eigenvalue weighted by Crippen LogP contribution is 2.15. The van der Waals surface area contributed by atoms with Crippen molar-refractivity contribution < 1.29 is 10.3 Å². The molecule has 0 saturated heterocycles. The van der Waals surface area contributed by atoms with Crippen molar-refractivity contribution in [3.63, 3.8) is 0 Å². The van der Waals surface area contributed by atoms with Crippen LogP contribution in [0.4, 0.5) is 5.82 Å². The first-order chi connectivity index (χ1) is 9.88. The first-order valence-electron chi connectivity index (χ1n) is 5.83. The first-order valence-corrected chi connectivity index (χ1v) is 5.83. The lowest BCUT2D eigenvalue weighted by atomic mass is 10.3. The van der Waals surface area contributed by atoms with Gasteiger partial charge in [0.25, 0.3) is 0 Å². The molecule has 2 aromatic rings.